The molecule has 0 fully saturated rings. The van der Waals surface area contributed by atoms with Crippen LogP contribution in [0.2, 0.25) is 0 Å². The van der Waals surface area contributed by atoms with Crippen molar-refractivity contribution in [3.8, 4) is 11.1 Å². The molecule has 2 aliphatic rings. The van der Waals surface area contributed by atoms with Crippen LogP contribution in [0.25, 0.3) is 11.1 Å². The minimum Gasteiger partial charge on any atom is -0.382 e. The molecule has 0 bridgehead atoms. The second kappa shape index (κ2) is 8.27. The first-order valence-corrected chi connectivity index (χ1v) is 7.89. The molecule has 0 amide bonds. The van der Waals surface area contributed by atoms with E-state index in [0.717, 1.165) is 5.56 Å². The topological polar surface area (TPSA) is 52.6 Å². The summed E-state index contributed by atoms with van der Waals surface area (Å²) in [5.41, 5.74) is 1.54. The Hall–Kier alpha value is -0.430. The maximum Gasteiger partial charge on any atom is 0.297 e. The molecular weight excluding hydrogens is 299 g/mol. The van der Waals surface area contributed by atoms with Crippen LogP contribution < -0.4 is 0 Å². The summed E-state index contributed by atoms with van der Waals surface area (Å²) in [7, 11) is -2.26. The third-order valence-corrected chi connectivity index (χ3v) is 4.51. The third kappa shape index (κ3) is 4.52. The van der Waals surface area contributed by atoms with Crippen LogP contribution in [0.4, 0.5) is 0 Å². The molecule has 1 unspecified atom stereocenters. The Balaban J connectivity index is 0.00000220. The molecule has 0 saturated carbocycles. The zero-order valence-electron chi connectivity index (χ0n) is 12.6. The van der Waals surface area contributed by atoms with Crippen LogP contribution in [0.15, 0.2) is 47.4 Å². The summed E-state index contributed by atoms with van der Waals surface area (Å²) >= 11 is 0. The summed E-state index contributed by atoms with van der Waals surface area (Å²) in [4.78, 5) is 0.207. The zero-order valence-corrected chi connectivity index (χ0v) is 15.4. The Morgan fingerprint density at radius 1 is 1.10 bits per heavy atom. The fourth-order valence-corrected chi connectivity index (χ4v) is 3.38. The maximum atomic E-state index is 12.4. The number of hydrogen-bond acceptors (Lipinski definition) is 4. The Morgan fingerprint density at radius 3 is 2.48 bits per heavy atom. The second-order valence-electron chi connectivity index (χ2n) is 4.51. The predicted octanol–water partition coefficient (Wildman–Crippen LogP) is 2.54. The van der Waals surface area contributed by atoms with Gasteiger partial charge in [0, 0.05) is 42.2 Å². The van der Waals surface area contributed by atoms with Gasteiger partial charge in [0.1, 0.15) is 11.0 Å². The summed E-state index contributed by atoms with van der Waals surface area (Å²) in [5.74, 6) is 0. The molecule has 4 nitrogen and oxygen atoms in total. The van der Waals surface area contributed by atoms with Crippen molar-refractivity contribution in [3.63, 3.8) is 0 Å². The summed E-state index contributed by atoms with van der Waals surface area (Å²) < 4.78 is 35.0. The molecule has 109 valence electrons. The summed E-state index contributed by atoms with van der Waals surface area (Å²) in [6.45, 7) is 2.12. The van der Waals surface area contributed by atoms with Crippen molar-refractivity contribution >= 4 is 39.7 Å². The second-order valence-corrected chi connectivity index (χ2v) is 6.05. The molecule has 0 saturated heterocycles. The van der Waals surface area contributed by atoms with Gasteiger partial charge in [-0.1, -0.05) is 43.3 Å². The van der Waals surface area contributed by atoms with E-state index in [1.807, 2.05) is 31.2 Å². The fourth-order valence-electron chi connectivity index (χ4n) is 2.03. The van der Waals surface area contributed by atoms with E-state index < -0.39 is 16.2 Å². The van der Waals surface area contributed by atoms with Gasteiger partial charge in [0.15, 0.2) is 0 Å². The molecule has 1 atom stereocenters. The average molecular weight is 317 g/mol. The fraction of sp³-hybridized carbons (Fsp3) is 0.333. The van der Waals surface area contributed by atoms with Crippen molar-refractivity contribution in [1.82, 2.24) is 0 Å². The van der Waals surface area contributed by atoms with Crippen LogP contribution in [-0.2, 0) is 19.0 Å². The summed E-state index contributed by atoms with van der Waals surface area (Å²) in [6.07, 6.45) is 0.104. The monoisotopic (exact) mass is 317 g/mol. The summed E-state index contributed by atoms with van der Waals surface area (Å²) in [5, 5.41) is 0. The van der Waals surface area contributed by atoms with Crippen molar-refractivity contribution in [2.45, 2.75) is 24.3 Å². The van der Waals surface area contributed by atoms with Gasteiger partial charge in [0.05, 0.1) is 6.61 Å². The van der Waals surface area contributed by atoms with Crippen LogP contribution in [0.1, 0.15) is 13.3 Å². The molecule has 0 spiro atoms. The first-order valence-electron chi connectivity index (χ1n) is 6.48. The van der Waals surface area contributed by atoms with Gasteiger partial charge in [-0.05, 0) is 18.1 Å². The molecule has 0 aromatic rings. The molecule has 21 heavy (non-hydrogen) atoms. The zero-order chi connectivity index (χ0) is 14.6. The van der Waals surface area contributed by atoms with Crippen LogP contribution in [0, 0.1) is 0 Å². The van der Waals surface area contributed by atoms with Gasteiger partial charge >= 0.3 is 0 Å². The van der Waals surface area contributed by atoms with Gasteiger partial charge < -0.3 is 4.74 Å². The molecule has 0 heterocycles. The van der Waals surface area contributed by atoms with Gasteiger partial charge in [-0.15, -0.1) is 0 Å². The van der Waals surface area contributed by atoms with Crippen molar-refractivity contribution in [2.75, 3.05) is 13.7 Å². The molecule has 6 heteroatoms. The number of ether oxygens (including phenoxy) is 1. The number of fused-ring (bicyclic) bond motifs is 1. The molecular formula is C15H18NaO4S. The average Bonchev–Trinajstić information content (AvgIpc) is 2.69. The maximum absolute atomic E-state index is 12.4. The molecule has 0 aromatic carbocycles. The number of rotatable bonds is 6. The Morgan fingerprint density at radius 2 is 1.81 bits per heavy atom. The van der Waals surface area contributed by atoms with E-state index in [2.05, 4.69) is 0 Å². The Labute approximate surface area is 148 Å². The molecule has 0 aromatic heterocycles. The Kier molecular flexibility index (Phi) is 7.33. The van der Waals surface area contributed by atoms with E-state index >= 15 is 0 Å². The first-order chi connectivity index (χ1) is 9.58. The normalized spacial score (nSPS) is 12.9. The van der Waals surface area contributed by atoms with E-state index in [9.17, 15) is 8.42 Å². The largest absolute Gasteiger partial charge is 0.382 e. The van der Waals surface area contributed by atoms with Crippen LogP contribution in [0.3, 0.4) is 0 Å². The van der Waals surface area contributed by atoms with Crippen molar-refractivity contribution in [3.05, 3.63) is 42.5 Å². The van der Waals surface area contributed by atoms with Gasteiger partial charge in [-0.3, -0.25) is 4.18 Å². The molecule has 2 rings (SSSR count). The minimum atomic E-state index is -3.79. The Bertz CT molecular complexity index is 642. The van der Waals surface area contributed by atoms with Crippen molar-refractivity contribution < 1.29 is 17.3 Å². The van der Waals surface area contributed by atoms with E-state index in [1.54, 1.807) is 18.2 Å². The first kappa shape index (κ1) is 18.6. The van der Waals surface area contributed by atoms with Gasteiger partial charge in [0.25, 0.3) is 10.1 Å². The standard InChI is InChI=1S/C15H18O4S.Na/c1-3-13(11-18-2)19-20(16,17)15-10-9-12-7-5-4-6-8-14(12)15;/h4-10,13H,3,11H2,1-2H3;. The van der Waals surface area contributed by atoms with Crippen molar-refractivity contribution in [1.29, 1.82) is 0 Å². The molecule has 2 aliphatic carbocycles. The van der Waals surface area contributed by atoms with E-state index in [0.29, 0.717) is 12.0 Å². The summed E-state index contributed by atoms with van der Waals surface area (Å²) in [6, 6.07) is 12.6. The van der Waals surface area contributed by atoms with E-state index in [4.69, 9.17) is 8.92 Å². The van der Waals surface area contributed by atoms with E-state index in [-0.39, 0.29) is 41.1 Å². The minimum absolute atomic E-state index is 0. The van der Waals surface area contributed by atoms with E-state index in [1.165, 1.54) is 7.11 Å². The molecule has 0 N–H and O–H groups in total. The van der Waals surface area contributed by atoms with Gasteiger partial charge in [-0.25, -0.2) is 0 Å². The van der Waals surface area contributed by atoms with Crippen LogP contribution >= 0.6 is 0 Å². The third-order valence-electron chi connectivity index (χ3n) is 3.09. The smallest absolute Gasteiger partial charge is 0.297 e. The number of hydrogen-bond donors (Lipinski definition) is 0. The van der Waals surface area contributed by atoms with Crippen molar-refractivity contribution in [2.24, 2.45) is 0 Å². The quantitative estimate of drug-likeness (QED) is 0.607. The molecule has 1 radical (unpaired) electrons. The van der Waals surface area contributed by atoms with Crippen LogP contribution in [0.5, 0.6) is 0 Å². The van der Waals surface area contributed by atoms with Gasteiger partial charge in [-0.2, -0.15) is 8.42 Å². The van der Waals surface area contributed by atoms with Gasteiger partial charge in [0.2, 0.25) is 0 Å². The number of methoxy groups -OCH3 is 1. The van der Waals surface area contributed by atoms with Crippen LogP contribution in [-0.4, -0.2) is 57.8 Å². The molecule has 0 aliphatic heterocycles. The predicted molar refractivity (Wildman–Crippen MR) is 83.0 cm³/mol. The SMILES string of the molecule is CCC(COC)OS(=O)(=O)c1ccc2cccccc1-2.[Na].